The van der Waals surface area contributed by atoms with E-state index in [0.29, 0.717) is 31.7 Å². The summed E-state index contributed by atoms with van der Waals surface area (Å²) in [6.07, 6.45) is 0.695. The van der Waals surface area contributed by atoms with Crippen LogP contribution in [0.25, 0.3) is 10.9 Å². The van der Waals surface area contributed by atoms with Crippen LogP contribution in [0.1, 0.15) is 34.1 Å². The summed E-state index contributed by atoms with van der Waals surface area (Å²) in [5.74, 6) is -0.244. The molecule has 1 unspecified atom stereocenters. The zero-order valence-corrected chi connectivity index (χ0v) is 19.6. The molecule has 0 spiro atoms. The summed E-state index contributed by atoms with van der Waals surface area (Å²) in [4.78, 5) is 29.3. The largest absolute Gasteiger partial charge is 0.350 e. The molecular weight excluding hydrogens is 422 g/mol. The summed E-state index contributed by atoms with van der Waals surface area (Å²) in [7, 11) is 0. The second-order valence-corrected chi connectivity index (χ2v) is 9.25. The Morgan fingerprint density at radius 1 is 0.971 bits per heavy atom. The SMILES string of the molecule is Cc1ccccc1CCN1C(=O)c2cc3ccccc3n2CC1(C)C(=O)NCc1ccccc1. The summed E-state index contributed by atoms with van der Waals surface area (Å²) < 4.78 is 2.00. The fourth-order valence-electron chi connectivity index (χ4n) is 4.95. The maximum atomic E-state index is 13.8. The van der Waals surface area contributed by atoms with Crippen molar-refractivity contribution in [3.63, 3.8) is 0 Å². The number of carbonyl (C=O) groups is 2. The normalized spacial score (nSPS) is 17.6. The van der Waals surface area contributed by atoms with Gasteiger partial charge in [0.1, 0.15) is 11.2 Å². The lowest BCUT2D eigenvalue weighted by molar-refractivity contribution is -0.133. The van der Waals surface area contributed by atoms with E-state index in [4.69, 9.17) is 0 Å². The van der Waals surface area contributed by atoms with Gasteiger partial charge in [0.05, 0.1) is 6.54 Å². The minimum absolute atomic E-state index is 0.103. The van der Waals surface area contributed by atoms with Crippen molar-refractivity contribution in [3.8, 4) is 0 Å². The number of aryl methyl sites for hydroxylation is 1. The van der Waals surface area contributed by atoms with Crippen LogP contribution in [-0.2, 0) is 24.3 Å². The summed E-state index contributed by atoms with van der Waals surface area (Å²) in [6, 6.07) is 28.0. The van der Waals surface area contributed by atoms with Crippen molar-refractivity contribution in [2.24, 2.45) is 0 Å². The van der Waals surface area contributed by atoms with Gasteiger partial charge in [-0.25, -0.2) is 0 Å². The molecule has 1 aromatic heterocycles. The zero-order valence-electron chi connectivity index (χ0n) is 19.6. The third-order valence-electron chi connectivity index (χ3n) is 6.99. The first-order valence-corrected chi connectivity index (χ1v) is 11.7. The van der Waals surface area contributed by atoms with Crippen LogP contribution in [0.2, 0.25) is 0 Å². The molecular formula is C29H29N3O2. The molecule has 5 rings (SSSR count). The molecule has 0 saturated carbocycles. The van der Waals surface area contributed by atoms with E-state index in [0.717, 1.165) is 16.5 Å². The average Bonchev–Trinajstić information content (AvgIpc) is 3.22. The molecule has 1 N–H and O–H groups in total. The summed E-state index contributed by atoms with van der Waals surface area (Å²) in [5, 5.41) is 4.11. The molecule has 5 nitrogen and oxygen atoms in total. The Kier molecular flexibility index (Phi) is 5.70. The number of hydrogen-bond donors (Lipinski definition) is 1. The maximum Gasteiger partial charge on any atom is 0.271 e. The molecule has 4 aromatic rings. The van der Waals surface area contributed by atoms with Crippen molar-refractivity contribution >= 4 is 22.7 Å². The first-order valence-electron chi connectivity index (χ1n) is 11.7. The van der Waals surface area contributed by atoms with Gasteiger partial charge < -0.3 is 14.8 Å². The summed E-state index contributed by atoms with van der Waals surface area (Å²) >= 11 is 0. The molecule has 0 aliphatic carbocycles. The number of aromatic nitrogens is 1. The van der Waals surface area contributed by atoms with Gasteiger partial charge in [-0.15, -0.1) is 0 Å². The number of rotatable bonds is 6. The molecule has 2 heterocycles. The number of carbonyl (C=O) groups excluding carboxylic acids is 2. The number of fused-ring (bicyclic) bond motifs is 3. The van der Waals surface area contributed by atoms with Crippen LogP contribution in [-0.4, -0.2) is 33.4 Å². The molecule has 0 saturated heterocycles. The predicted octanol–water partition coefficient (Wildman–Crippen LogP) is 4.72. The second-order valence-electron chi connectivity index (χ2n) is 9.25. The van der Waals surface area contributed by atoms with E-state index >= 15 is 0 Å². The Morgan fingerprint density at radius 2 is 1.68 bits per heavy atom. The highest BCUT2D eigenvalue weighted by molar-refractivity contribution is 6.03. The lowest BCUT2D eigenvalue weighted by Gasteiger charge is -2.44. The van der Waals surface area contributed by atoms with Gasteiger partial charge in [-0.05, 0) is 49.1 Å². The van der Waals surface area contributed by atoms with Gasteiger partial charge in [-0.3, -0.25) is 9.59 Å². The van der Waals surface area contributed by atoms with E-state index in [-0.39, 0.29) is 11.8 Å². The first-order chi connectivity index (χ1) is 16.5. The Morgan fingerprint density at radius 3 is 2.47 bits per heavy atom. The lowest BCUT2D eigenvalue weighted by Crippen LogP contribution is -2.64. The van der Waals surface area contributed by atoms with Gasteiger partial charge in [0.25, 0.3) is 5.91 Å². The molecule has 34 heavy (non-hydrogen) atoms. The average molecular weight is 452 g/mol. The Labute approximate surface area is 200 Å². The lowest BCUT2D eigenvalue weighted by atomic mass is 9.93. The molecule has 1 atom stereocenters. The van der Waals surface area contributed by atoms with Gasteiger partial charge >= 0.3 is 0 Å². The van der Waals surface area contributed by atoms with Crippen LogP contribution >= 0.6 is 0 Å². The molecule has 5 heteroatoms. The van der Waals surface area contributed by atoms with E-state index in [2.05, 4.69) is 24.4 Å². The van der Waals surface area contributed by atoms with Crippen LogP contribution in [0.3, 0.4) is 0 Å². The first kappa shape index (κ1) is 22.0. The molecule has 1 aliphatic heterocycles. The van der Waals surface area contributed by atoms with Crippen LogP contribution in [0, 0.1) is 6.92 Å². The number of nitrogens with one attached hydrogen (secondary N) is 1. The zero-order chi connectivity index (χ0) is 23.7. The van der Waals surface area contributed by atoms with E-state index in [1.807, 2.05) is 84.3 Å². The monoisotopic (exact) mass is 451 g/mol. The fraction of sp³-hybridized carbons (Fsp3) is 0.241. The van der Waals surface area contributed by atoms with E-state index in [9.17, 15) is 9.59 Å². The third-order valence-corrected chi connectivity index (χ3v) is 6.99. The fourth-order valence-corrected chi connectivity index (χ4v) is 4.95. The van der Waals surface area contributed by atoms with Crippen molar-refractivity contribution in [1.82, 2.24) is 14.8 Å². The minimum Gasteiger partial charge on any atom is -0.350 e. The molecule has 0 radical (unpaired) electrons. The van der Waals surface area contributed by atoms with Crippen molar-refractivity contribution in [2.75, 3.05) is 6.54 Å². The molecule has 0 fully saturated rings. The van der Waals surface area contributed by atoms with Crippen molar-refractivity contribution in [3.05, 3.63) is 107 Å². The highest BCUT2D eigenvalue weighted by Gasteiger charge is 2.47. The van der Waals surface area contributed by atoms with Crippen molar-refractivity contribution in [2.45, 2.75) is 38.9 Å². The van der Waals surface area contributed by atoms with Gasteiger partial charge in [0, 0.05) is 24.0 Å². The molecule has 3 aromatic carbocycles. The van der Waals surface area contributed by atoms with Gasteiger partial charge in [0.15, 0.2) is 0 Å². The van der Waals surface area contributed by atoms with Crippen LogP contribution < -0.4 is 5.32 Å². The minimum atomic E-state index is -1.01. The quantitative estimate of drug-likeness (QED) is 0.461. The molecule has 2 amide bonds. The van der Waals surface area contributed by atoms with Gasteiger partial charge in [0.2, 0.25) is 5.91 Å². The topological polar surface area (TPSA) is 54.3 Å². The smallest absolute Gasteiger partial charge is 0.271 e. The predicted molar refractivity (Wildman–Crippen MR) is 135 cm³/mol. The summed E-state index contributed by atoms with van der Waals surface area (Å²) in [6.45, 7) is 5.28. The Bertz CT molecular complexity index is 1360. The number of nitrogens with zero attached hydrogens (tertiary/aromatic N) is 2. The number of amides is 2. The highest BCUT2D eigenvalue weighted by Crippen LogP contribution is 2.32. The number of benzene rings is 3. The van der Waals surface area contributed by atoms with Gasteiger partial charge in [-0.1, -0.05) is 72.8 Å². The Balaban J connectivity index is 1.49. The number of para-hydroxylation sites is 1. The van der Waals surface area contributed by atoms with Crippen molar-refractivity contribution in [1.29, 1.82) is 0 Å². The maximum absolute atomic E-state index is 13.8. The Hall–Kier alpha value is -3.86. The van der Waals surface area contributed by atoms with Crippen LogP contribution in [0.15, 0.2) is 84.9 Å². The highest BCUT2D eigenvalue weighted by atomic mass is 16.2. The van der Waals surface area contributed by atoms with Crippen LogP contribution in [0.5, 0.6) is 0 Å². The van der Waals surface area contributed by atoms with E-state index in [1.165, 1.54) is 11.1 Å². The van der Waals surface area contributed by atoms with Crippen LogP contribution in [0.4, 0.5) is 0 Å². The third kappa shape index (κ3) is 3.87. The van der Waals surface area contributed by atoms with E-state index < -0.39 is 5.54 Å². The summed E-state index contributed by atoms with van der Waals surface area (Å²) in [5.41, 5.74) is 4.01. The van der Waals surface area contributed by atoms with Gasteiger partial charge in [-0.2, -0.15) is 0 Å². The molecule has 172 valence electrons. The molecule has 1 aliphatic rings. The second kappa shape index (κ2) is 8.82. The van der Waals surface area contributed by atoms with E-state index in [1.54, 1.807) is 4.90 Å². The standard InChI is InChI=1S/C29H29N3O2/c1-21-10-6-7-13-23(21)16-17-32-27(33)26-18-24-14-8-9-15-25(24)31(26)20-29(32,2)28(34)30-19-22-11-4-3-5-12-22/h3-15,18H,16-17,19-20H2,1-2H3,(H,30,34). The number of hydrogen-bond acceptors (Lipinski definition) is 2. The van der Waals surface area contributed by atoms with Crippen molar-refractivity contribution < 1.29 is 9.59 Å². The molecule has 0 bridgehead atoms.